The van der Waals surface area contributed by atoms with Crippen LogP contribution in [0.15, 0.2) is 12.1 Å². The fraction of sp³-hybridized carbons (Fsp3) is 0.440. The number of carbonyl (C=O) groups excluding carboxylic acids is 1. The van der Waals surface area contributed by atoms with Crippen LogP contribution in [0, 0.1) is 24.3 Å². The Morgan fingerprint density at radius 1 is 1.29 bits per heavy atom. The number of nitrogens with zero attached hydrogens (tertiary/aromatic N) is 5. The number of ether oxygens (including phenoxy) is 1. The van der Waals surface area contributed by atoms with Crippen LogP contribution in [0.4, 0.5) is 10.2 Å². The zero-order chi connectivity index (χ0) is 23.8. The number of terminal acetylenes is 1. The number of benzene rings is 1. The normalized spacial score (nSPS) is 15.9. The smallest absolute Gasteiger partial charge is 0.312 e. The highest BCUT2D eigenvalue weighted by Crippen LogP contribution is 2.31. The highest BCUT2D eigenvalue weighted by atomic mass is 19.1. The van der Waals surface area contributed by atoms with Gasteiger partial charge in [0.05, 0.1) is 6.61 Å². The van der Waals surface area contributed by atoms with E-state index < -0.39 is 6.08 Å². The molecule has 1 amide bonds. The number of piperidine rings is 1. The van der Waals surface area contributed by atoms with Gasteiger partial charge in [0, 0.05) is 45.0 Å². The molecule has 0 spiro atoms. The fourth-order valence-electron chi connectivity index (χ4n) is 4.98. The van der Waals surface area contributed by atoms with E-state index >= 15 is 0 Å². The topological polar surface area (TPSA) is 99.2 Å². The van der Waals surface area contributed by atoms with E-state index in [1.54, 1.807) is 6.92 Å². The van der Waals surface area contributed by atoms with Gasteiger partial charge in [0.2, 0.25) is 5.91 Å². The quantitative estimate of drug-likeness (QED) is 0.462. The SMILES string of the molecule is C#Cc1cc2c(cc1Cc1nc3c(N)nc(F)nc3n1CCC1CCN(C(C)=O)CC1)CCO2. The van der Waals surface area contributed by atoms with Crippen molar-refractivity contribution in [3.8, 4) is 18.1 Å². The van der Waals surface area contributed by atoms with Crippen LogP contribution >= 0.6 is 0 Å². The number of aryl methyl sites for hydroxylation is 1. The third-order valence-electron chi connectivity index (χ3n) is 6.91. The van der Waals surface area contributed by atoms with Gasteiger partial charge < -0.3 is 19.9 Å². The molecule has 0 unspecified atom stereocenters. The van der Waals surface area contributed by atoms with Crippen molar-refractivity contribution in [3.05, 3.63) is 40.7 Å². The first kappa shape index (κ1) is 22.1. The van der Waals surface area contributed by atoms with Crippen LogP contribution in [-0.4, -0.2) is 50.0 Å². The lowest BCUT2D eigenvalue weighted by Crippen LogP contribution is -2.37. The van der Waals surface area contributed by atoms with Gasteiger partial charge in [-0.05, 0) is 42.4 Å². The van der Waals surface area contributed by atoms with Crippen LogP contribution in [0.5, 0.6) is 5.75 Å². The van der Waals surface area contributed by atoms with Gasteiger partial charge in [0.25, 0.3) is 0 Å². The predicted molar refractivity (Wildman–Crippen MR) is 126 cm³/mol. The van der Waals surface area contributed by atoms with Gasteiger partial charge in [-0.25, -0.2) is 4.98 Å². The number of carbonyl (C=O) groups is 1. The van der Waals surface area contributed by atoms with Crippen molar-refractivity contribution < 1.29 is 13.9 Å². The number of nitrogen functional groups attached to an aromatic ring is 1. The second-order valence-corrected chi connectivity index (χ2v) is 9.00. The number of hydrogen-bond donors (Lipinski definition) is 1. The van der Waals surface area contributed by atoms with Crippen LogP contribution in [0.2, 0.25) is 0 Å². The molecule has 2 aliphatic heterocycles. The van der Waals surface area contributed by atoms with E-state index in [1.807, 2.05) is 15.5 Å². The van der Waals surface area contributed by atoms with E-state index in [0.717, 1.165) is 67.0 Å². The molecular formula is C25H27FN6O2. The molecule has 0 aliphatic carbocycles. The zero-order valence-electron chi connectivity index (χ0n) is 19.2. The van der Waals surface area contributed by atoms with Crippen LogP contribution in [0.3, 0.4) is 0 Å². The number of hydrogen-bond acceptors (Lipinski definition) is 6. The summed E-state index contributed by atoms with van der Waals surface area (Å²) in [6.45, 7) is 4.41. The molecule has 1 saturated heterocycles. The molecular weight excluding hydrogens is 435 g/mol. The summed E-state index contributed by atoms with van der Waals surface area (Å²) in [6.07, 6.45) is 8.99. The average molecular weight is 463 g/mol. The molecule has 0 saturated carbocycles. The lowest BCUT2D eigenvalue weighted by molar-refractivity contribution is -0.130. The number of rotatable bonds is 5. The fourth-order valence-corrected chi connectivity index (χ4v) is 4.98. The lowest BCUT2D eigenvalue weighted by Gasteiger charge is -2.31. The summed E-state index contributed by atoms with van der Waals surface area (Å²) in [4.78, 5) is 25.9. The molecule has 2 aromatic heterocycles. The van der Waals surface area contributed by atoms with E-state index in [9.17, 15) is 9.18 Å². The third-order valence-corrected chi connectivity index (χ3v) is 6.91. The minimum absolute atomic E-state index is 0.0248. The molecule has 8 nitrogen and oxygen atoms in total. The first-order chi connectivity index (χ1) is 16.4. The molecule has 0 atom stereocenters. The molecule has 1 aromatic carbocycles. The number of aromatic nitrogens is 4. The molecule has 2 N–H and O–H groups in total. The second kappa shape index (κ2) is 8.93. The first-order valence-corrected chi connectivity index (χ1v) is 11.6. The van der Waals surface area contributed by atoms with Crippen molar-refractivity contribution in [2.75, 3.05) is 25.4 Å². The van der Waals surface area contributed by atoms with Gasteiger partial charge in [-0.15, -0.1) is 6.42 Å². The summed E-state index contributed by atoms with van der Waals surface area (Å²) in [5.74, 6) is 4.91. The Bertz CT molecular complexity index is 1300. The Morgan fingerprint density at radius 2 is 2.09 bits per heavy atom. The predicted octanol–water partition coefficient (Wildman–Crippen LogP) is 2.70. The Balaban J connectivity index is 1.45. The van der Waals surface area contributed by atoms with Gasteiger partial charge in [0.15, 0.2) is 17.0 Å². The molecule has 1 fully saturated rings. The molecule has 176 valence electrons. The maximum absolute atomic E-state index is 14.1. The van der Waals surface area contributed by atoms with E-state index in [4.69, 9.17) is 21.9 Å². The number of amides is 1. The molecule has 2 aliphatic rings. The maximum Gasteiger partial charge on any atom is 0.312 e. The van der Waals surface area contributed by atoms with Crippen molar-refractivity contribution in [2.24, 2.45) is 5.92 Å². The molecule has 3 aromatic rings. The van der Waals surface area contributed by atoms with Crippen LogP contribution in [0.25, 0.3) is 11.2 Å². The van der Waals surface area contributed by atoms with E-state index in [0.29, 0.717) is 36.7 Å². The van der Waals surface area contributed by atoms with E-state index in [2.05, 4.69) is 22.0 Å². The standard InChI is InChI=1S/C25H27FN6O2/c1-3-17-13-20-18(7-11-34-20)12-19(17)14-21-28-22-23(27)29-25(26)30-24(22)32(21)10-6-16-4-8-31(9-5-16)15(2)33/h1,12-13,16H,4-11,14H2,2H3,(H2,27,29,30). The molecule has 5 rings (SSSR count). The van der Waals surface area contributed by atoms with Gasteiger partial charge >= 0.3 is 6.08 Å². The Kier molecular flexibility index (Phi) is 5.82. The van der Waals surface area contributed by atoms with Crippen LogP contribution in [0.1, 0.15) is 48.7 Å². The van der Waals surface area contributed by atoms with Crippen LogP contribution in [-0.2, 0) is 24.2 Å². The number of halogens is 1. The lowest BCUT2D eigenvalue weighted by atomic mass is 9.93. The third kappa shape index (κ3) is 4.16. The summed E-state index contributed by atoms with van der Waals surface area (Å²) in [7, 11) is 0. The second-order valence-electron chi connectivity index (χ2n) is 9.00. The van der Waals surface area contributed by atoms with Crippen molar-refractivity contribution in [3.63, 3.8) is 0 Å². The molecule has 34 heavy (non-hydrogen) atoms. The summed E-state index contributed by atoms with van der Waals surface area (Å²) >= 11 is 0. The minimum atomic E-state index is -0.869. The van der Waals surface area contributed by atoms with E-state index in [-0.39, 0.29) is 11.7 Å². The number of fused-ring (bicyclic) bond motifs is 2. The van der Waals surface area contributed by atoms with Crippen molar-refractivity contribution in [1.29, 1.82) is 0 Å². The summed E-state index contributed by atoms with van der Waals surface area (Å²) in [5, 5.41) is 0. The largest absolute Gasteiger partial charge is 0.493 e. The van der Waals surface area contributed by atoms with Crippen molar-refractivity contribution in [2.45, 2.75) is 45.6 Å². The van der Waals surface area contributed by atoms with E-state index in [1.165, 1.54) is 0 Å². The summed E-state index contributed by atoms with van der Waals surface area (Å²) < 4.78 is 21.7. The minimum Gasteiger partial charge on any atom is -0.493 e. The van der Waals surface area contributed by atoms with Crippen molar-refractivity contribution >= 4 is 22.9 Å². The first-order valence-electron chi connectivity index (χ1n) is 11.6. The highest BCUT2D eigenvalue weighted by Gasteiger charge is 2.24. The van der Waals surface area contributed by atoms with Gasteiger partial charge in [0.1, 0.15) is 11.6 Å². The number of anilines is 1. The summed E-state index contributed by atoms with van der Waals surface area (Å²) in [6, 6.07) is 3.98. The molecule has 0 bridgehead atoms. The maximum atomic E-state index is 14.1. The van der Waals surface area contributed by atoms with Crippen molar-refractivity contribution in [1.82, 2.24) is 24.4 Å². The van der Waals surface area contributed by atoms with Gasteiger partial charge in [-0.1, -0.05) is 12.0 Å². The number of likely N-dealkylation sites (tertiary alicyclic amines) is 1. The molecule has 4 heterocycles. The molecule has 0 radical (unpaired) electrons. The zero-order valence-corrected chi connectivity index (χ0v) is 19.2. The Hall–Kier alpha value is -3.67. The highest BCUT2D eigenvalue weighted by molar-refractivity contribution is 5.82. The number of imidazole rings is 1. The van der Waals surface area contributed by atoms with Crippen LogP contribution < -0.4 is 10.5 Å². The Labute approximate surface area is 197 Å². The van der Waals surface area contributed by atoms with Gasteiger partial charge in [-0.3, -0.25) is 4.79 Å². The van der Waals surface area contributed by atoms with Gasteiger partial charge in [-0.2, -0.15) is 14.4 Å². The summed E-state index contributed by atoms with van der Waals surface area (Å²) in [5.41, 5.74) is 9.62. The molecule has 9 heteroatoms. The monoisotopic (exact) mass is 462 g/mol. The Morgan fingerprint density at radius 3 is 2.82 bits per heavy atom. The number of nitrogens with two attached hydrogens (primary N) is 1. The average Bonchev–Trinajstić information content (AvgIpc) is 3.41.